The van der Waals surface area contributed by atoms with Crippen LogP contribution in [0.5, 0.6) is 5.75 Å². The van der Waals surface area contributed by atoms with Crippen LogP contribution in [0.3, 0.4) is 0 Å². The first-order valence-corrected chi connectivity index (χ1v) is 13.9. The predicted octanol–water partition coefficient (Wildman–Crippen LogP) is 5.90. The lowest BCUT2D eigenvalue weighted by Crippen LogP contribution is -2.48. The van der Waals surface area contributed by atoms with Crippen LogP contribution in [0, 0.1) is 11.8 Å². The van der Waals surface area contributed by atoms with Crippen LogP contribution in [0.4, 0.5) is 0 Å². The Morgan fingerprint density at radius 3 is 2.61 bits per heavy atom. The molecule has 0 bridgehead atoms. The number of carbonyl (C=O) groups is 1. The number of rotatable bonds is 7. The number of carbonyl (C=O) groups excluding carboxylic acids is 1. The second kappa shape index (κ2) is 10.6. The zero-order valence-electron chi connectivity index (χ0n) is 21.3. The summed E-state index contributed by atoms with van der Waals surface area (Å²) in [6.07, 6.45) is 9.25. The quantitative estimate of drug-likeness (QED) is 0.456. The molecule has 2 atom stereocenters. The summed E-state index contributed by atoms with van der Waals surface area (Å²) in [6.45, 7) is 3.32. The number of hydrogen-bond donors (Lipinski definition) is 1. The summed E-state index contributed by atoms with van der Waals surface area (Å²) >= 11 is 0. The van der Waals surface area contributed by atoms with E-state index in [9.17, 15) is 4.79 Å². The zero-order valence-corrected chi connectivity index (χ0v) is 21.3. The van der Waals surface area contributed by atoms with Crippen LogP contribution >= 0.6 is 0 Å². The molecule has 0 spiro atoms. The number of ether oxygens (including phenoxy) is 1. The van der Waals surface area contributed by atoms with Gasteiger partial charge < -0.3 is 10.1 Å². The Bertz CT molecular complexity index is 1220. The fourth-order valence-electron chi connectivity index (χ4n) is 6.58. The third-order valence-corrected chi connectivity index (χ3v) is 8.46. The van der Waals surface area contributed by atoms with Gasteiger partial charge in [-0.15, -0.1) is 0 Å². The van der Waals surface area contributed by atoms with Crippen molar-refractivity contribution in [1.29, 1.82) is 0 Å². The van der Waals surface area contributed by atoms with E-state index in [1.54, 1.807) is 0 Å². The fraction of sp³-hybridized carbons (Fsp3) is 0.469. The number of hydrogen-bond acceptors (Lipinski definition) is 3. The van der Waals surface area contributed by atoms with Gasteiger partial charge in [-0.3, -0.25) is 9.69 Å². The van der Waals surface area contributed by atoms with E-state index in [1.165, 1.54) is 59.6 Å². The summed E-state index contributed by atoms with van der Waals surface area (Å²) < 4.78 is 6.33. The zero-order chi connectivity index (χ0) is 24.3. The highest BCUT2D eigenvalue weighted by Gasteiger charge is 2.33. The Morgan fingerprint density at radius 1 is 0.889 bits per heavy atom. The lowest BCUT2D eigenvalue weighted by Gasteiger charge is -2.37. The molecule has 4 heteroatoms. The molecule has 2 aliphatic carbocycles. The van der Waals surface area contributed by atoms with Gasteiger partial charge in [0.05, 0.1) is 12.5 Å². The maximum absolute atomic E-state index is 13.3. The first-order chi connectivity index (χ1) is 17.7. The van der Waals surface area contributed by atoms with Crippen molar-refractivity contribution in [3.63, 3.8) is 0 Å². The highest BCUT2D eigenvalue weighted by atomic mass is 16.5. The number of benzene rings is 3. The van der Waals surface area contributed by atoms with Crippen molar-refractivity contribution in [2.75, 3.05) is 19.7 Å². The van der Waals surface area contributed by atoms with Crippen LogP contribution in [0.15, 0.2) is 60.7 Å². The summed E-state index contributed by atoms with van der Waals surface area (Å²) in [5.41, 5.74) is 4.23. The van der Waals surface area contributed by atoms with E-state index in [0.29, 0.717) is 18.6 Å². The second-order valence-electron chi connectivity index (χ2n) is 11.3. The number of nitrogens with zero attached hydrogens (tertiary/aromatic N) is 1. The third kappa shape index (κ3) is 5.44. The van der Waals surface area contributed by atoms with E-state index >= 15 is 0 Å². The monoisotopic (exact) mass is 482 g/mol. The molecule has 3 aliphatic rings. The molecule has 1 heterocycles. The van der Waals surface area contributed by atoms with Crippen molar-refractivity contribution < 1.29 is 9.53 Å². The van der Waals surface area contributed by atoms with E-state index in [-0.39, 0.29) is 11.8 Å². The van der Waals surface area contributed by atoms with Crippen molar-refractivity contribution in [3.05, 3.63) is 77.4 Å². The van der Waals surface area contributed by atoms with Gasteiger partial charge in [-0.05, 0) is 84.2 Å². The van der Waals surface area contributed by atoms with Gasteiger partial charge in [-0.25, -0.2) is 0 Å². The summed E-state index contributed by atoms with van der Waals surface area (Å²) in [5.74, 6) is 1.59. The average Bonchev–Trinajstić information content (AvgIpc) is 3.59. The van der Waals surface area contributed by atoms with Crippen LogP contribution in [0.25, 0.3) is 10.8 Å². The maximum atomic E-state index is 13.3. The van der Waals surface area contributed by atoms with Crippen LogP contribution < -0.4 is 10.1 Å². The molecule has 0 unspecified atom stereocenters. The minimum absolute atomic E-state index is 0.0217. The van der Waals surface area contributed by atoms with Crippen LogP contribution in [-0.2, 0) is 24.2 Å². The van der Waals surface area contributed by atoms with Gasteiger partial charge in [0.2, 0.25) is 5.91 Å². The highest BCUT2D eigenvalue weighted by Crippen LogP contribution is 2.29. The maximum Gasteiger partial charge on any atom is 0.224 e. The van der Waals surface area contributed by atoms with E-state index in [1.807, 2.05) is 0 Å². The van der Waals surface area contributed by atoms with E-state index in [4.69, 9.17) is 4.74 Å². The minimum atomic E-state index is 0.0217. The molecule has 2 fully saturated rings. The first kappa shape index (κ1) is 23.5. The summed E-state index contributed by atoms with van der Waals surface area (Å²) in [7, 11) is 0. The Hall–Kier alpha value is -2.85. The SMILES string of the molecule is O=C(NC1CCCC1)[C@@H]1C[C@H](COc2ccc3c(c2)CCC3)CN(Cc2ccc3ccccc3c2)C1. The van der Waals surface area contributed by atoms with Crippen molar-refractivity contribution in [2.24, 2.45) is 11.8 Å². The molecule has 3 aromatic carbocycles. The molecule has 4 nitrogen and oxygen atoms in total. The van der Waals surface area contributed by atoms with Crippen LogP contribution in [0.1, 0.15) is 55.2 Å². The molecular formula is C32H38N2O2. The Kier molecular flexibility index (Phi) is 6.96. The van der Waals surface area contributed by atoms with Crippen molar-refractivity contribution >= 4 is 16.7 Å². The first-order valence-electron chi connectivity index (χ1n) is 13.9. The number of fused-ring (bicyclic) bond motifs is 2. The van der Waals surface area contributed by atoms with Crippen molar-refractivity contribution in [3.8, 4) is 5.75 Å². The second-order valence-corrected chi connectivity index (χ2v) is 11.3. The normalized spacial score (nSPS) is 22.6. The molecule has 0 aromatic heterocycles. The molecule has 1 saturated heterocycles. The van der Waals surface area contributed by atoms with Crippen molar-refractivity contribution in [2.45, 2.75) is 64.0 Å². The molecular weight excluding hydrogens is 444 g/mol. The standard InChI is InChI=1S/C32H38N2O2/c35-32(33-30-10-3-4-11-30)29-17-24(22-36-31-15-14-26-8-5-9-28(26)18-31)20-34(21-29)19-23-12-13-25-6-1-2-7-27(25)16-23/h1-2,6-7,12-16,18,24,29-30H,3-5,8-11,17,19-22H2,(H,33,35)/t24-,29+/m0/s1. The molecule has 1 amide bonds. The van der Waals surface area contributed by atoms with E-state index < -0.39 is 0 Å². The largest absolute Gasteiger partial charge is 0.493 e. The Morgan fingerprint density at radius 2 is 1.72 bits per heavy atom. The van der Waals surface area contributed by atoms with Gasteiger partial charge in [0.15, 0.2) is 0 Å². The summed E-state index contributed by atoms with van der Waals surface area (Å²) in [6, 6.07) is 22.3. The van der Waals surface area contributed by atoms with Gasteiger partial charge in [0.1, 0.15) is 5.75 Å². The van der Waals surface area contributed by atoms with Crippen LogP contribution in [-0.4, -0.2) is 36.5 Å². The number of likely N-dealkylation sites (tertiary alicyclic amines) is 1. The Labute approximate surface area is 215 Å². The number of piperidine rings is 1. The van der Waals surface area contributed by atoms with Gasteiger partial charge >= 0.3 is 0 Å². The lowest BCUT2D eigenvalue weighted by molar-refractivity contribution is -0.128. The number of amides is 1. The van der Waals surface area contributed by atoms with Crippen LogP contribution in [0.2, 0.25) is 0 Å². The number of nitrogens with one attached hydrogen (secondary N) is 1. The topological polar surface area (TPSA) is 41.6 Å². The molecule has 1 N–H and O–H groups in total. The summed E-state index contributed by atoms with van der Waals surface area (Å²) in [5, 5.41) is 5.92. The fourth-order valence-corrected chi connectivity index (χ4v) is 6.58. The summed E-state index contributed by atoms with van der Waals surface area (Å²) in [4.78, 5) is 15.8. The van der Waals surface area contributed by atoms with E-state index in [0.717, 1.165) is 44.6 Å². The predicted molar refractivity (Wildman–Crippen MR) is 145 cm³/mol. The minimum Gasteiger partial charge on any atom is -0.493 e. The van der Waals surface area contributed by atoms with E-state index in [2.05, 4.69) is 70.9 Å². The molecule has 188 valence electrons. The van der Waals surface area contributed by atoms with Gasteiger partial charge in [-0.1, -0.05) is 55.3 Å². The molecule has 0 radical (unpaired) electrons. The third-order valence-electron chi connectivity index (χ3n) is 8.46. The van der Waals surface area contributed by atoms with Gasteiger partial charge in [-0.2, -0.15) is 0 Å². The molecule has 1 saturated carbocycles. The smallest absolute Gasteiger partial charge is 0.224 e. The molecule has 3 aromatic rings. The average molecular weight is 483 g/mol. The van der Waals surface area contributed by atoms with Gasteiger partial charge in [0, 0.05) is 31.6 Å². The highest BCUT2D eigenvalue weighted by molar-refractivity contribution is 5.83. The number of aryl methyl sites for hydroxylation is 2. The van der Waals surface area contributed by atoms with Gasteiger partial charge in [0.25, 0.3) is 0 Å². The molecule has 1 aliphatic heterocycles. The lowest BCUT2D eigenvalue weighted by atomic mass is 9.88. The molecule has 6 rings (SSSR count). The molecule has 36 heavy (non-hydrogen) atoms. The Balaban J connectivity index is 1.15. The van der Waals surface area contributed by atoms with Crippen molar-refractivity contribution in [1.82, 2.24) is 10.2 Å².